The van der Waals surface area contributed by atoms with Crippen molar-refractivity contribution in [3.05, 3.63) is 57.3 Å². The average Bonchev–Trinajstić information content (AvgIpc) is 3.15. The third kappa shape index (κ3) is 3.65. The third-order valence-corrected chi connectivity index (χ3v) is 5.30. The monoisotopic (exact) mass is 508 g/mol. The molecule has 1 aromatic heterocycles. The highest BCUT2D eigenvalue weighted by Gasteiger charge is 2.32. The molecule has 0 aliphatic carbocycles. The molecule has 29 heavy (non-hydrogen) atoms. The van der Waals surface area contributed by atoms with Gasteiger partial charge in [-0.25, -0.2) is 14.3 Å². The Labute approximate surface area is 180 Å². The topological polar surface area (TPSA) is 99.9 Å². The SMILES string of the molecule is COC(=O)c1c(-c2ccc(OC)c(O)c2I)nn(-c2ccccc2)c1C(=O)OC. The zero-order valence-electron chi connectivity index (χ0n) is 15.8. The number of aromatic hydroxyl groups is 1. The molecule has 0 saturated heterocycles. The Bertz CT molecular complexity index is 1080. The summed E-state index contributed by atoms with van der Waals surface area (Å²) < 4.78 is 16.7. The highest BCUT2D eigenvalue weighted by molar-refractivity contribution is 14.1. The first-order valence-electron chi connectivity index (χ1n) is 8.35. The minimum atomic E-state index is -0.756. The Morgan fingerprint density at radius 1 is 1.00 bits per heavy atom. The molecule has 0 bridgehead atoms. The van der Waals surface area contributed by atoms with Crippen LogP contribution < -0.4 is 4.74 Å². The van der Waals surface area contributed by atoms with Gasteiger partial charge in [0.05, 0.1) is 30.6 Å². The van der Waals surface area contributed by atoms with Crippen LogP contribution >= 0.6 is 22.6 Å². The van der Waals surface area contributed by atoms with E-state index in [2.05, 4.69) is 5.10 Å². The summed E-state index contributed by atoms with van der Waals surface area (Å²) in [7, 11) is 3.86. The largest absolute Gasteiger partial charge is 0.504 e. The van der Waals surface area contributed by atoms with Crippen molar-refractivity contribution in [2.75, 3.05) is 21.3 Å². The van der Waals surface area contributed by atoms with Crippen LogP contribution in [0.5, 0.6) is 11.5 Å². The number of rotatable bonds is 5. The van der Waals surface area contributed by atoms with Crippen LogP contribution in [0.3, 0.4) is 0 Å². The summed E-state index contributed by atoms with van der Waals surface area (Å²) >= 11 is 1.92. The minimum Gasteiger partial charge on any atom is -0.504 e. The van der Waals surface area contributed by atoms with Gasteiger partial charge in [-0.05, 0) is 46.9 Å². The Morgan fingerprint density at radius 3 is 2.24 bits per heavy atom. The lowest BCUT2D eigenvalue weighted by molar-refractivity contribution is 0.0549. The number of halogens is 1. The van der Waals surface area contributed by atoms with Crippen molar-refractivity contribution >= 4 is 34.5 Å². The van der Waals surface area contributed by atoms with Gasteiger partial charge in [-0.3, -0.25) is 0 Å². The summed E-state index contributed by atoms with van der Waals surface area (Å²) in [6.45, 7) is 0. The van der Waals surface area contributed by atoms with Gasteiger partial charge in [-0.2, -0.15) is 5.10 Å². The van der Waals surface area contributed by atoms with Crippen LogP contribution in [-0.4, -0.2) is 48.2 Å². The van der Waals surface area contributed by atoms with Gasteiger partial charge in [0.1, 0.15) is 11.3 Å². The maximum absolute atomic E-state index is 12.6. The number of hydrogen-bond acceptors (Lipinski definition) is 7. The zero-order chi connectivity index (χ0) is 21.1. The predicted octanol–water partition coefficient (Wildman–Crippen LogP) is 3.43. The standard InChI is InChI=1S/C20H17IN2O6/c1-27-13-10-9-12(15(21)18(13)24)16-14(19(25)28-2)17(20(26)29-3)23(22-16)11-7-5-4-6-8-11/h4-10,24H,1-3H3. The summed E-state index contributed by atoms with van der Waals surface area (Å²) in [5.74, 6) is -1.34. The molecule has 8 nitrogen and oxygen atoms in total. The molecule has 0 unspecified atom stereocenters. The zero-order valence-corrected chi connectivity index (χ0v) is 18.0. The molecular weight excluding hydrogens is 491 g/mol. The van der Waals surface area contributed by atoms with Crippen molar-refractivity contribution in [2.24, 2.45) is 0 Å². The first-order chi connectivity index (χ1) is 13.9. The number of carbonyl (C=O) groups excluding carboxylic acids is 2. The fourth-order valence-electron chi connectivity index (χ4n) is 2.84. The maximum atomic E-state index is 12.6. The van der Waals surface area contributed by atoms with Crippen molar-refractivity contribution in [1.82, 2.24) is 9.78 Å². The minimum absolute atomic E-state index is 0.0642. The van der Waals surface area contributed by atoms with Gasteiger partial charge in [-0.1, -0.05) is 18.2 Å². The van der Waals surface area contributed by atoms with E-state index >= 15 is 0 Å². The van der Waals surface area contributed by atoms with Crippen LogP contribution in [0.2, 0.25) is 0 Å². The van der Waals surface area contributed by atoms with Gasteiger partial charge in [-0.15, -0.1) is 0 Å². The first kappa shape index (κ1) is 20.6. The van der Waals surface area contributed by atoms with E-state index in [-0.39, 0.29) is 28.5 Å². The van der Waals surface area contributed by atoms with Crippen molar-refractivity contribution in [2.45, 2.75) is 0 Å². The highest BCUT2D eigenvalue weighted by Crippen LogP contribution is 2.40. The second-order valence-electron chi connectivity index (χ2n) is 5.78. The molecule has 0 radical (unpaired) electrons. The van der Waals surface area contributed by atoms with E-state index in [9.17, 15) is 14.7 Å². The number of nitrogens with zero attached hydrogens (tertiary/aromatic N) is 2. The molecule has 1 heterocycles. The summed E-state index contributed by atoms with van der Waals surface area (Å²) in [6.07, 6.45) is 0. The van der Waals surface area contributed by atoms with Crippen LogP contribution in [0.4, 0.5) is 0 Å². The molecule has 3 aromatic rings. The molecule has 0 aliphatic rings. The average molecular weight is 508 g/mol. The quantitative estimate of drug-likeness (QED) is 0.417. The van der Waals surface area contributed by atoms with Gasteiger partial charge in [0.25, 0.3) is 0 Å². The van der Waals surface area contributed by atoms with E-state index in [0.29, 0.717) is 14.8 Å². The predicted molar refractivity (Wildman–Crippen MR) is 113 cm³/mol. The lowest BCUT2D eigenvalue weighted by atomic mass is 10.0. The lowest BCUT2D eigenvalue weighted by Crippen LogP contribution is -2.15. The van der Waals surface area contributed by atoms with Crippen molar-refractivity contribution in [1.29, 1.82) is 0 Å². The Morgan fingerprint density at radius 2 is 1.66 bits per heavy atom. The van der Waals surface area contributed by atoms with E-state index in [1.54, 1.807) is 36.4 Å². The fraction of sp³-hybridized carbons (Fsp3) is 0.150. The van der Waals surface area contributed by atoms with Crippen LogP contribution in [0.1, 0.15) is 20.8 Å². The normalized spacial score (nSPS) is 10.5. The van der Waals surface area contributed by atoms with E-state index in [0.717, 1.165) is 0 Å². The molecule has 0 aliphatic heterocycles. The molecule has 150 valence electrons. The lowest BCUT2D eigenvalue weighted by Gasteiger charge is -2.09. The van der Waals surface area contributed by atoms with E-state index < -0.39 is 11.9 Å². The summed E-state index contributed by atoms with van der Waals surface area (Å²) in [4.78, 5) is 25.2. The maximum Gasteiger partial charge on any atom is 0.357 e. The number of phenolic OH excluding ortho intramolecular Hbond substituents is 1. The second kappa shape index (κ2) is 8.52. The van der Waals surface area contributed by atoms with Gasteiger partial charge in [0.15, 0.2) is 17.2 Å². The number of benzene rings is 2. The second-order valence-corrected chi connectivity index (χ2v) is 6.86. The molecule has 0 spiro atoms. The highest BCUT2D eigenvalue weighted by atomic mass is 127. The van der Waals surface area contributed by atoms with Crippen molar-refractivity contribution in [3.8, 4) is 28.4 Å². The van der Waals surface area contributed by atoms with E-state index in [1.807, 2.05) is 28.7 Å². The van der Waals surface area contributed by atoms with Crippen molar-refractivity contribution < 1.29 is 28.9 Å². The molecular formula is C20H17IN2O6. The number of hydrogen-bond donors (Lipinski definition) is 1. The van der Waals surface area contributed by atoms with Gasteiger partial charge < -0.3 is 19.3 Å². The Kier molecular flexibility index (Phi) is 6.06. The first-order valence-corrected chi connectivity index (χ1v) is 9.43. The van der Waals surface area contributed by atoms with Crippen LogP contribution in [0.25, 0.3) is 16.9 Å². The molecule has 2 aromatic carbocycles. The number of para-hydroxylation sites is 1. The van der Waals surface area contributed by atoms with E-state index in [4.69, 9.17) is 14.2 Å². The smallest absolute Gasteiger partial charge is 0.357 e. The Hall–Kier alpha value is -3.08. The van der Waals surface area contributed by atoms with Gasteiger partial charge in [0, 0.05) is 5.56 Å². The summed E-state index contributed by atoms with van der Waals surface area (Å²) in [5.41, 5.74) is 1.02. The van der Waals surface area contributed by atoms with Gasteiger partial charge >= 0.3 is 11.9 Å². The number of phenols is 1. The van der Waals surface area contributed by atoms with Crippen LogP contribution in [-0.2, 0) is 9.47 Å². The molecule has 0 saturated carbocycles. The molecule has 0 atom stereocenters. The van der Waals surface area contributed by atoms with E-state index in [1.165, 1.54) is 26.0 Å². The van der Waals surface area contributed by atoms with Crippen LogP contribution in [0.15, 0.2) is 42.5 Å². The number of aromatic nitrogens is 2. The number of ether oxygens (including phenoxy) is 3. The summed E-state index contributed by atoms with van der Waals surface area (Å²) in [6, 6.07) is 12.0. The third-order valence-electron chi connectivity index (χ3n) is 4.21. The van der Waals surface area contributed by atoms with Crippen LogP contribution in [0, 0.1) is 3.57 Å². The molecule has 1 N–H and O–H groups in total. The molecule has 0 fully saturated rings. The number of methoxy groups -OCH3 is 3. The Balaban J connectivity index is 2.39. The number of esters is 2. The van der Waals surface area contributed by atoms with Gasteiger partial charge in [0.2, 0.25) is 0 Å². The molecule has 3 rings (SSSR count). The fourth-order valence-corrected chi connectivity index (χ4v) is 3.54. The number of carbonyl (C=O) groups is 2. The molecule has 0 amide bonds. The molecule has 9 heteroatoms. The van der Waals surface area contributed by atoms with Crippen molar-refractivity contribution in [3.63, 3.8) is 0 Å². The summed E-state index contributed by atoms with van der Waals surface area (Å²) in [5, 5.41) is 14.9.